The molecule has 0 bridgehead atoms. The van der Waals surface area contributed by atoms with Gasteiger partial charge in [0, 0.05) is 49.2 Å². The molecule has 1 aromatic heterocycles. The standard InChI is InChI=1S/C20H24N4O2/c1-26-16-6-4-5-15(13-16)23-9-11-24(12-10-23)20(25)19-17-7-2-3-8-18(17)21-14-22-19/h4-6,13-14H,2-3,7-12H2,1H3. The molecular weight excluding hydrogens is 328 g/mol. The van der Waals surface area contributed by atoms with Gasteiger partial charge in [0.2, 0.25) is 0 Å². The average molecular weight is 352 g/mol. The van der Waals surface area contributed by atoms with Crippen LogP contribution in [0.2, 0.25) is 0 Å². The zero-order valence-corrected chi connectivity index (χ0v) is 15.1. The van der Waals surface area contributed by atoms with Crippen molar-refractivity contribution in [2.45, 2.75) is 25.7 Å². The van der Waals surface area contributed by atoms with Gasteiger partial charge in [-0.2, -0.15) is 0 Å². The molecular formula is C20H24N4O2. The maximum atomic E-state index is 13.0. The van der Waals surface area contributed by atoms with Crippen LogP contribution in [-0.2, 0) is 12.8 Å². The molecule has 0 N–H and O–H groups in total. The van der Waals surface area contributed by atoms with Gasteiger partial charge >= 0.3 is 0 Å². The van der Waals surface area contributed by atoms with Crippen LogP contribution in [0.25, 0.3) is 0 Å². The number of hydrogen-bond acceptors (Lipinski definition) is 5. The smallest absolute Gasteiger partial charge is 0.272 e. The molecule has 1 aliphatic heterocycles. The zero-order valence-electron chi connectivity index (χ0n) is 15.1. The van der Waals surface area contributed by atoms with Crippen molar-refractivity contribution in [3.63, 3.8) is 0 Å². The summed E-state index contributed by atoms with van der Waals surface area (Å²) in [6.45, 7) is 3.03. The Balaban J connectivity index is 1.46. The molecule has 1 amide bonds. The van der Waals surface area contributed by atoms with Crippen molar-refractivity contribution in [1.29, 1.82) is 0 Å². The molecule has 0 spiro atoms. The van der Waals surface area contributed by atoms with E-state index in [1.54, 1.807) is 13.4 Å². The Labute approximate surface area is 153 Å². The summed E-state index contributed by atoms with van der Waals surface area (Å²) in [5, 5.41) is 0. The van der Waals surface area contributed by atoms with Gasteiger partial charge in [-0.3, -0.25) is 4.79 Å². The van der Waals surface area contributed by atoms with Gasteiger partial charge in [-0.15, -0.1) is 0 Å². The van der Waals surface area contributed by atoms with Crippen LogP contribution in [0.5, 0.6) is 5.75 Å². The van der Waals surface area contributed by atoms with E-state index in [0.717, 1.165) is 61.5 Å². The van der Waals surface area contributed by atoms with Crippen molar-refractivity contribution in [1.82, 2.24) is 14.9 Å². The number of anilines is 1. The van der Waals surface area contributed by atoms with E-state index in [1.807, 2.05) is 23.1 Å². The van der Waals surface area contributed by atoms with E-state index in [2.05, 4.69) is 20.9 Å². The second-order valence-electron chi connectivity index (χ2n) is 6.84. The molecule has 136 valence electrons. The van der Waals surface area contributed by atoms with Gasteiger partial charge in [0.15, 0.2) is 0 Å². The lowest BCUT2D eigenvalue weighted by Crippen LogP contribution is -2.49. The van der Waals surface area contributed by atoms with Gasteiger partial charge in [0.05, 0.1) is 7.11 Å². The molecule has 4 rings (SSSR count). The Morgan fingerprint density at radius 2 is 1.88 bits per heavy atom. The highest BCUT2D eigenvalue weighted by molar-refractivity contribution is 5.94. The fourth-order valence-corrected chi connectivity index (χ4v) is 3.83. The highest BCUT2D eigenvalue weighted by atomic mass is 16.5. The summed E-state index contributed by atoms with van der Waals surface area (Å²) in [6, 6.07) is 8.07. The fourth-order valence-electron chi connectivity index (χ4n) is 3.83. The summed E-state index contributed by atoms with van der Waals surface area (Å²) in [4.78, 5) is 25.9. The molecule has 2 aliphatic rings. The molecule has 0 radical (unpaired) electrons. The van der Waals surface area contributed by atoms with Gasteiger partial charge in [-0.05, 0) is 37.8 Å². The first-order chi connectivity index (χ1) is 12.8. The van der Waals surface area contributed by atoms with Crippen LogP contribution in [0.1, 0.15) is 34.6 Å². The number of nitrogens with zero attached hydrogens (tertiary/aromatic N) is 4. The third-order valence-electron chi connectivity index (χ3n) is 5.31. The minimum atomic E-state index is 0.0517. The second kappa shape index (κ2) is 7.32. The SMILES string of the molecule is COc1cccc(N2CCN(C(=O)c3ncnc4c3CCCC4)CC2)c1. The van der Waals surface area contributed by atoms with Crippen LogP contribution >= 0.6 is 0 Å². The molecule has 0 saturated carbocycles. The van der Waals surface area contributed by atoms with E-state index >= 15 is 0 Å². The van der Waals surface area contributed by atoms with Crippen LogP contribution in [0, 0.1) is 0 Å². The minimum Gasteiger partial charge on any atom is -0.497 e. The third kappa shape index (κ3) is 3.23. The number of benzene rings is 1. The second-order valence-corrected chi connectivity index (χ2v) is 6.84. The highest BCUT2D eigenvalue weighted by Gasteiger charge is 2.27. The molecule has 0 atom stereocenters. The van der Waals surface area contributed by atoms with Crippen molar-refractivity contribution >= 4 is 11.6 Å². The Kier molecular flexibility index (Phi) is 4.73. The number of rotatable bonds is 3. The summed E-state index contributed by atoms with van der Waals surface area (Å²) in [5.41, 5.74) is 3.88. The van der Waals surface area contributed by atoms with Crippen molar-refractivity contribution in [3.05, 3.63) is 47.5 Å². The first-order valence-corrected chi connectivity index (χ1v) is 9.27. The molecule has 1 aromatic carbocycles. The lowest BCUT2D eigenvalue weighted by molar-refractivity contribution is 0.0739. The zero-order chi connectivity index (χ0) is 17.9. The molecule has 2 heterocycles. The molecule has 1 aliphatic carbocycles. The fraction of sp³-hybridized carbons (Fsp3) is 0.450. The molecule has 6 nitrogen and oxygen atoms in total. The molecule has 2 aromatic rings. The predicted molar refractivity (Wildman–Crippen MR) is 99.8 cm³/mol. The Bertz CT molecular complexity index is 800. The number of ether oxygens (including phenoxy) is 1. The number of carbonyl (C=O) groups is 1. The first-order valence-electron chi connectivity index (χ1n) is 9.27. The lowest BCUT2D eigenvalue weighted by atomic mass is 9.94. The highest BCUT2D eigenvalue weighted by Crippen LogP contribution is 2.24. The van der Waals surface area contributed by atoms with Crippen molar-refractivity contribution in [2.24, 2.45) is 0 Å². The quantitative estimate of drug-likeness (QED) is 0.848. The maximum Gasteiger partial charge on any atom is 0.272 e. The summed E-state index contributed by atoms with van der Waals surface area (Å²) in [6.07, 6.45) is 5.69. The number of amides is 1. The minimum absolute atomic E-state index is 0.0517. The maximum absolute atomic E-state index is 13.0. The summed E-state index contributed by atoms with van der Waals surface area (Å²) in [5.74, 6) is 0.907. The number of fused-ring (bicyclic) bond motifs is 1. The van der Waals surface area contributed by atoms with E-state index in [4.69, 9.17) is 4.74 Å². The van der Waals surface area contributed by atoms with E-state index < -0.39 is 0 Å². The number of methoxy groups -OCH3 is 1. The van der Waals surface area contributed by atoms with E-state index in [-0.39, 0.29) is 5.91 Å². The Morgan fingerprint density at radius 1 is 1.08 bits per heavy atom. The summed E-state index contributed by atoms with van der Waals surface area (Å²) >= 11 is 0. The van der Waals surface area contributed by atoms with Crippen LogP contribution in [0.15, 0.2) is 30.6 Å². The predicted octanol–water partition coefficient (Wildman–Crippen LogP) is 2.33. The molecule has 1 saturated heterocycles. The monoisotopic (exact) mass is 352 g/mol. The average Bonchev–Trinajstić information content (AvgIpc) is 2.73. The largest absolute Gasteiger partial charge is 0.497 e. The molecule has 6 heteroatoms. The van der Waals surface area contributed by atoms with Gasteiger partial charge in [-0.25, -0.2) is 9.97 Å². The van der Waals surface area contributed by atoms with Crippen LogP contribution < -0.4 is 9.64 Å². The molecule has 0 unspecified atom stereocenters. The van der Waals surface area contributed by atoms with Gasteiger partial charge < -0.3 is 14.5 Å². The summed E-state index contributed by atoms with van der Waals surface area (Å²) in [7, 11) is 1.68. The van der Waals surface area contributed by atoms with E-state index in [1.165, 1.54) is 0 Å². The van der Waals surface area contributed by atoms with Crippen molar-refractivity contribution in [3.8, 4) is 5.75 Å². The molecule has 1 fully saturated rings. The topological polar surface area (TPSA) is 58.6 Å². The number of carbonyl (C=O) groups excluding carboxylic acids is 1. The molecule has 26 heavy (non-hydrogen) atoms. The van der Waals surface area contributed by atoms with Gasteiger partial charge in [0.1, 0.15) is 17.8 Å². The number of aromatic nitrogens is 2. The number of piperazine rings is 1. The van der Waals surface area contributed by atoms with Crippen LogP contribution in [0.4, 0.5) is 5.69 Å². The van der Waals surface area contributed by atoms with Crippen LogP contribution in [0.3, 0.4) is 0 Å². The lowest BCUT2D eigenvalue weighted by Gasteiger charge is -2.36. The van der Waals surface area contributed by atoms with Crippen LogP contribution in [-0.4, -0.2) is 54.1 Å². The van der Waals surface area contributed by atoms with E-state index in [0.29, 0.717) is 18.8 Å². The number of aryl methyl sites for hydroxylation is 1. The normalized spacial score (nSPS) is 17.0. The first kappa shape index (κ1) is 16.8. The number of hydrogen-bond donors (Lipinski definition) is 0. The van der Waals surface area contributed by atoms with E-state index in [9.17, 15) is 4.79 Å². The van der Waals surface area contributed by atoms with Crippen molar-refractivity contribution < 1.29 is 9.53 Å². The Morgan fingerprint density at radius 3 is 2.69 bits per heavy atom. The summed E-state index contributed by atoms with van der Waals surface area (Å²) < 4.78 is 5.31. The third-order valence-corrected chi connectivity index (χ3v) is 5.31. The van der Waals surface area contributed by atoms with Gasteiger partial charge in [-0.1, -0.05) is 6.07 Å². The van der Waals surface area contributed by atoms with Crippen molar-refractivity contribution in [2.75, 3.05) is 38.2 Å². The van der Waals surface area contributed by atoms with Gasteiger partial charge in [0.25, 0.3) is 5.91 Å². The Hall–Kier alpha value is -2.63.